The molecule has 0 atom stereocenters. The monoisotopic (exact) mass is 281 g/mol. The van der Waals surface area contributed by atoms with Crippen LogP contribution in [-0.2, 0) is 13.1 Å². The van der Waals surface area contributed by atoms with Crippen LogP contribution >= 0.6 is 0 Å². The smallest absolute Gasteiger partial charge is 0.0650 e. The van der Waals surface area contributed by atoms with Crippen LogP contribution in [0, 0.1) is 0 Å². The first-order chi connectivity index (χ1) is 10.4. The number of H-pyrrole nitrogens is 1. The van der Waals surface area contributed by atoms with Crippen molar-refractivity contribution in [3.63, 3.8) is 0 Å². The van der Waals surface area contributed by atoms with Crippen molar-refractivity contribution in [3.8, 4) is 11.3 Å². The highest BCUT2D eigenvalue weighted by Gasteiger charge is 2.02. The van der Waals surface area contributed by atoms with Crippen LogP contribution in [0.1, 0.15) is 19.0 Å². The lowest BCUT2D eigenvalue weighted by molar-refractivity contribution is 0.578. The molecule has 0 saturated carbocycles. The molecule has 0 aliphatic rings. The van der Waals surface area contributed by atoms with Crippen LogP contribution in [-0.4, -0.2) is 20.0 Å². The van der Waals surface area contributed by atoms with E-state index in [-0.39, 0.29) is 0 Å². The van der Waals surface area contributed by atoms with E-state index in [1.54, 1.807) is 6.20 Å². The Bertz CT molecular complexity index is 667. The van der Waals surface area contributed by atoms with Gasteiger partial charge < -0.3 is 5.32 Å². The first-order valence-electron chi connectivity index (χ1n) is 7.21. The predicted molar refractivity (Wildman–Crippen MR) is 83.9 cm³/mol. The van der Waals surface area contributed by atoms with E-state index in [1.807, 2.05) is 16.9 Å². The van der Waals surface area contributed by atoms with Crippen LogP contribution < -0.4 is 5.32 Å². The normalized spacial score (nSPS) is 10.7. The minimum absolute atomic E-state index is 0.781. The van der Waals surface area contributed by atoms with Gasteiger partial charge in [0, 0.05) is 24.6 Å². The summed E-state index contributed by atoms with van der Waals surface area (Å²) in [6, 6.07) is 12.3. The van der Waals surface area contributed by atoms with Gasteiger partial charge in [0.2, 0.25) is 0 Å². The molecule has 0 saturated heterocycles. The molecule has 108 valence electrons. The first-order valence-corrected chi connectivity index (χ1v) is 7.21. The molecular formula is C16H19N5. The zero-order valence-corrected chi connectivity index (χ0v) is 12.1. The molecule has 0 amide bonds. The maximum absolute atomic E-state index is 4.33. The van der Waals surface area contributed by atoms with Gasteiger partial charge in [0.05, 0.1) is 17.9 Å². The maximum Gasteiger partial charge on any atom is 0.0650 e. The standard InChI is InChI=1S/C16H19N5/c1-2-11-21-15(7-10-19-21)12-17-14-5-3-13(4-6-14)16-8-9-18-20-16/h3-10,17H,2,11-12H2,1H3,(H,18,20). The maximum atomic E-state index is 4.33. The summed E-state index contributed by atoms with van der Waals surface area (Å²) >= 11 is 0. The summed E-state index contributed by atoms with van der Waals surface area (Å²) in [6.45, 7) is 3.90. The number of anilines is 1. The second kappa shape index (κ2) is 6.26. The second-order valence-electron chi connectivity index (χ2n) is 4.95. The Morgan fingerprint density at radius 1 is 1.10 bits per heavy atom. The van der Waals surface area contributed by atoms with Crippen LogP contribution in [0.5, 0.6) is 0 Å². The number of hydrogen-bond donors (Lipinski definition) is 2. The fourth-order valence-corrected chi connectivity index (χ4v) is 2.30. The molecule has 3 aromatic rings. The molecule has 5 nitrogen and oxygen atoms in total. The molecular weight excluding hydrogens is 262 g/mol. The average Bonchev–Trinajstić information content (AvgIpc) is 3.18. The van der Waals surface area contributed by atoms with Crippen molar-refractivity contribution in [1.29, 1.82) is 0 Å². The summed E-state index contributed by atoms with van der Waals surface area (Å²) in [7, 11) is 0. The zero-order valence-electron chi connectivity index (χ0n) is 12.1. The van der Waals surface area contributed by atoms with Crippen molar-refractivity contribution in [2.45, 2.75) is 26.4 Å². The van der Waals surface area contributed by atoms with Gasteiger partial charge in [-0.05, 0) is 36.2 Å². The predicted octanol–water partition coefficient (Wildman–Crippen LogP) is 3.30. The topological polar surface area (TPSA) is 58.5 Å². The molecule has 1 aromatic carbocycles. The third-order valence-electron chi connectivity index (χ3n) is 3.41. The molecule has 0 fully saturated rings. The van der Waals surface area contributed by atoms with Crippen molar-refractivity contribution >= 4 is 5.69 Å². The molecule has 2 aromatic heterocycles. The van der Waals surface area contributed by atoms with Crippen molar-refractivity contribution in [3.05, 3.63) is 54.5 Å². The lowest BCUT2D eigenvalue weighted by Crippen LogP contribution is -2.08. The Hall–Kier alpha value is -2.56. The Labute approximate surface area is 124 Å². The van der Waals surface area contributed by atoms with Gasteiger partial charge in [0.25, 0.3) is 0 Å². The number of aromatic nitrogens is 4. The Morgan fingerprint density at radius 3 is 2.67 bits per heavy atom. The van der Waals surface area contributed by atoms with Crippen LogP contribution in [0.4, 0.5) is 5.69 Å². The van der Waals surface area contributed by atoms with E-state index in [9.17, 15) is 0 Å². The Kier molecular flexibility index (Phi) is 4.00. The molecule has 0 bridgehead atoms. The molecule has 5 heteroatoms. The molecule has 2 N–H and O–H groups in total. The van der Waals surface area contributed by atoms with Gasteiger partial charge in [-0.1, -0.05) is 19.1 Å². The van der Waals surface area contributed by atoms with E-state index in [2.05, 4.69) is 57.9 Å². The number of nitrogens with one attached hydrogen (secondary N) is 2. The molecule has 0 aliphatic carbocycles. The molecule has 21 heavy (non-hydrogen) atoms. The average molecular weight is 281 g/mol. The van der Waals surface area contributed by atoms with E-state index >= 15 is 0 Å². The summed E-state index contributed by atoms with van der Waals surface area (Å²) in [5.74, 6) is 0. The summed E-state index contributed by atoms with van der Waals surface area (Å²) < 4.78 is 2.05. The van der Waals surface area contributed by atoms with Gasteiger partial charge >= 0.3 is 0 Å². The van der Waals surface area contributed by atoms with Gasteiger partial charge in [-0.2, -0.15) is 10.2 Å². The summed E-state index contributed by atoms with van der Waals surface area (Å²) in [5.41, 5.74) is 4.47. The van der Waals surface area contributed by atoms with E-state index in [4.69, 9.17) is 0 Å². The highest BCUT2D eigenvalue weighted by Crippen LogP contribution is 2.19. The van der Waals surface area contributed by atoms with Gasteiger partial charge in [-0.15, -0.1) is 0 Å². The van der Waals surface area contributed by atoms with Crippen LogP contribution in [0.25, 0.3) is 11.3 Å². The summed E-state index contributed by atoms with van der Waals surface area (Å²) in [6.07, 6.45) is 4.71. The molecule has 2 heterocycles. The van der Waals surface area contributed by atoms with E-state index in [1.165, 1.54) is 5.69 Å². The molecule has 0 unspecified atom stereocenters. The molecule has 3 rings (SSSR count). The van der Waals surface area contributed by atoms with Crippen LogP contribution in [0.2, 0.25) is 0 Å². The molecule has 0 radical (unpaired) electrons. The highest BCUT2D eigenvalue weighted by molar-refractivity contribution is 5.62. The highest BCUT2D eigenvalue weighted by atomic mass is 15.3. The Morgan fingerprint density at radius 2 is 1.95 bits per heavy atom. The minimum atomic E-state index is 0.781. The lowest BCUT2D eigenvalue weighted by atomic mass is 10.1. The zero-order chi connectivity index (χ0) is 14.5. The fraction of sp³-hybridized carbons (Fsp3) is 0.250. The summed E-state index contributed by atoms with van der Waals surface area (Å²) in [5, 5.41) is 14.7. The van der Waals surface area contributed by atoms with E-state index in [0.717, 1.165) is 36.5 Å². The van der Waals surface area contributed by atoms with Crippen molar-refractivity contribution in [1.82, 2.24) is 20.0 Å². The van der Waals surface area contributed by atoms with Gasteiger partial charge in [0.15, 0.2) is 0 Å². The van der Waals surface area contributed by atoms with Crippen molar-refractivity contribution < 1.29 is 0 Å². The minimum Gasteiger partial charge on any atom is -0.379 e. The second-order valence-corrected chi connectivity index (χ2v) is 4.95. The van der Waals surface area contributed by atoms with Gasteiger partial charge in [-0.3, -0.25) is 9.78 Å². The van der Waals surface area contributed by atoms with Crippen LogP contribution in [0.3, 0.4) is 0 Å². The number of hydrogen-bond acceptors (Lipinski definition) is 3. The lowest BCUT2D eigenvalue weighted by Gasteiger charge is -2.09. The largest absolute Gasteiger partial charge is 0.379 e. The number of aryl methyl sites for hydroxylation is 1. The summed E-state index contributed by atoms with van der Waals surface area (Å²) in [4.78, 5) is 0. The fourth-order valence-electron chi connectivity index (χ4n) is 2.30. The van der Waals surface area contributed by atoms with Gasteiger partial charge in [0.1, 0.15) is 0 Å². The SMILES string of the molecule is CCCn1nccc1CNc1ccc(-c2ccn[nH]2)cc1. The Balaban J connectivity index is 1.64. The first kappa shape index (κ1) is 13.4. The van der Waals surface area contributed by atoms with Crippen molar-refractivity contribution in [2.75, 3.05) is 5.32 Å². The molecule has 0 aliphatic heterocycles. The number of nitrogens with zero attached hydrogens (tertiary/aromatic N) is 3. The quantitative estimate of drug-likeness (QED) is 0.729. The van der Waals surface area contributed by atoms with Gasteiger partial charge in [-0.25, -0.2) is 0 Å². The third kappa shape index (κ3) is 3.13. The number of rotatable bonds is 6. The van der Waals surface area contributed by atoms with E-state index in [0.29, 0.717) is 0 Å². The number of benzene rings is 1. The van der Waals surface area contributed by atoms with E-state index < -0.39 is 0 Å². The number of aromatic amines is 1. The molecule has 0 spiro atoms. The van der Waals surface area contributed by atoms with Crippen LogP contribution in [0.15, 0.2) is 48.8 Å². The van der Waals surface area contributed by atoms with Crippen molar-refractivity contribution in [2.24, 2.45) is 0 Å². The third-order valence-corrected chi connectivity index (χ3v) is 3.41.